The van der Waals surface area contributed by atoms with E-state index in [0.717, 1.165) is 5.56 Å². The number of carbonyl (C=O) groups is 2. The molecule has 1 saturated heterocycles. The Kier molecular flexibility index (Phi) is 7.56. The lowest BCUT2D eigenvalue weighted by Crippen LogP contribution is -2.37. The highest BCUT2D eigenvalue weighted by Gasteiger charge is 2.59. The number of ether oxygens (including phenoxy) is 2. The largest absolute Gasteiger partial charge is 0.469 e. The highest BCUT2D eigenvalue weighted by molar-refractivity contribution is 7.54. The highest BCUT2D eigenvalue weighted by atomic mass is 31.2. The zero-order valence-electron chi connectivity index (χ0n) is 15.9. The summed E-state index contributed by atoms with van der Waals surface area (Å²) in [6.07, 6.45) is 0. The molecule has 1 aliphatic heterocycles. The van der Waals surface area contributed by atoms with Crippen molar-refractivity contribution < 1.29 is 32.7 Å². The molecule has 1 aromatic rings. The third-order valence-electron chi connectivity index (χ3n) is 4.50. The molecule has 0 bridgehead atoms. The molecule has 1 aromatic carbocycles. The first kappa shape index (κ1) is 21.6. The van der Waals surface area contributed by atoms with E-state index in [2.05, 4.69) is 5.32 Å². The molecule has 0 radical (unpaired) electrons. The Morgan fingerprint density at radius 1 is 0.963 bits per heavy atom. The van der Waals surface area contributed by atoms with Gasteiger partial charge in [0, 0.05) is 6.04 Å². The molecular formula is C18H26NO7P. The minimum Gasteiger partial charge on any atom is -0.469 e. The van der Waals surface area contributed by atoms with Crippen LogP contribution in [-0.2, 0) is 32.7 Å². The van der Waals surface area contributed by atoms with E-state index in [9.17, 15) is 14.2 Å². The second kappa shape index (κ2) is 9.46. The molecule has 2 rings (SSSR count). The van der Waals surface area contributed by atoms with Crippen molar-refractivity contribution in [3.05, 3.63) is 35.9 Å². The number of hydrogen-bond donors (Lipinski definition) is 1. The number of esters is 2. The Hall–Kier alpha value is -1.73. The molecule has 0 aliphatic carbocycles. The zero-order valence-corrected chi connectivity index (χ0v) is 16.8. The van der Waals surface area contributed by atoms with Crippen LogP contribution in [-0.4, -0.2) is 45.2 Å². The molecule has 0 amide bonds. The Balaban J connectivity index is 2.56. The van der Waals surface area contributed by atoms with Crippen molar-refractivity contribution in [3.8, 4) is 0 Å². The van der Waals surface area contributed by atoms with Gasteiger partial charge in [0.15, 0.2) is 0 Å². The molecule has 0 saturated carbocycles. The molecule has 8 nitrogen and oxygen atoms in total. The number of hydrogen-bond acceptors (Lipinski definition) is 8. The molecule has 1 fully saturated rings. The number of benzene rings is 1. The third-order valence-corrected chi connectivity index (χ3v) is 6.89. The van der Waals surface area contributed by atoms with Crippen LogP contribution in [0.2, 0.25) is 0 Å². The van der Waals surface area contributed by atoms with Gasteiger partial charge in [0.1, 0.15) is 5.78 Å². The average Bonchev–Trinajstić information content (AvgIpc) is 3.09. The summed E-state index contributed by atoms with van der Waals surface area (Å²) in [6, 6.07) is 8.49. The van der Waals surface area contributed by atoms with Crippen LogP contribution in [0.5, 0.6) is 0 Å². The Morgan fingerprint density at radius 3 is 1.96 bits per heavy atom. The van der Waals surface area contributed by atoms with Crippen LogP contribution in [0, 0.1) is 11.8 Å². The van der Waals surface area contributed by atoms with Crippen molar-refractivity contribution in [2.24, 2.45) is 11.8 Å². The standard InChI is InChI=1S/C18H26NO7P/c1-5-25-27(22,26-6-2)16-14(18(21)24-4)13(17(20)23-3)15(19-16)12-10-8-7-9-11-12/h7-11,13-16,19H,5-6H2,1-4H3/t13-,14-,15-,16+/m1/s1. The predicted molar refractivity (Wildman–Crippen MR) is 98.0 cm³/mol. The van der Waals surface area contributed by atoms with Crippen LogP contribution in [0.25, 0.3) is 0 Å². The lowest BCUT2D eigenvalue weighted by atomic mass is 9.87. The second-order valence-electron chi connectivity index (χ2n) is 5.97. The van der Waals surface area contributed by atoms with E-state index in [1.165, 1.54) is 14.2 Å². The van der Waals surface area contributed by atoms with Gasteiger partial charge in [-0.1, -0.05) is 30.3 Å². The predicted octanol–water partition coefficient (Wildman–Crippen LogP) is 2.50. The van der Waals surface area contributed by atoms with Crippen LogP contribution >= 0.6 is 7.60 Å². The molecule has 0 unspecified atom stereocenters. The van der Waals surface area contributed by atoms with Gasteiger partial charge >= 0.3 is 19.5 Å². The summed E-state index contributed by atoms with van der Waals surface area (Å²) in [5.74, 6) is -4.35. The number of nitrogens with one attached hydrogen (secondary N) is 1. The Morgan fingerprint density at radius 2 is 1.48 bits per heavy atom. The maximum Gasteiger partial charge on any atom is 0.348 e. The lowest BCUT2D eigenvalue weighted by Gasteiger charge is -2.27. The van der Waals surface area contributed by atoms with Gasteiger partial charge in [-0.2, -0.15) is 0 Å². The molecule has 1 heterocycles. The molecule has 9 heteroatoms. The van der Waals surface area contributed by atoms with Crippen LogP contribution < -0.4 is 5.32 Å². The summed E-state index contributed by atoms with van der Waals surface area (Å²) in [4.78, 5) is 25.2. The zero-order chi connectivity index (χ0) is 20.0. The summed E-state index contributed by atoms with van der Waals surface area (Å²) < 4.78 is 34.1. The molecule has 1 N–H and O–H groups in total. The summed E-state index contributed by atoms with van der Waals surface area (Å²) in [5, 5.41) is 3.13. The fraction of sp³-hybridized carbons (Fsp3) is 0.556. The summed E-state index contributed by atoms with van der Waals surface area (Å²) in [5.41, 5.74) is 0.754. The van der Waals surface area contributed by atoms with E-state index in [1.54, 1.807) is 13.8 Å². The molecular weight excluding hydrogens is 373 g/mol. The smallest absolute Gasteiger partial charge is 0.348 e. The molecule has 27 heavy (non-hydrogen) atoms. The van der Waals surface area contributed by atoms with Crippen LogP contribution in [0.4, 0.5) is 0 Å². The first-order valence-electron chi connectivity index (χ1n) is 8.78. The fourth-order valence-corrected chi connectivity index (χ4v) is 5.59. The van der Waals surface area contributed by atoms with E-state index in [0.29, 0.717) is 0 Å². The molecule has 1 aliphatic rings. The van der Waals surface area contributed by atoms with Crippen molar-refractivity contribution >= 4 is 19.5 Å². The van der Waals surface area contributed by atoms with Gasteiger partial charge in [-0.25, -0.2) is 0 Å². The van der Waals surface area contributed by atoms with Gasteiger partial charge in [-0.15, -0.1) is 0 Å². The van der Waals surface area contributed by atoms with Gasteiger partial charge in [0.05, 0.1) is 39.3 Å². The van der Waals surface area contributed by atoms with E-state index in [4.69, 9.17) is 18.5 Å². The minimum absolute atomic E-state index is 0.127. The minimum atomic E-state index is -3.76. The van der Waals surface area contributed by atoms with E-state index in [1.807, 2.05) is 30.3 Å². The van der Waals surface area contributed by atoms with E-state index >= 15 is 0 Å². The normalized spacial score (nSPS) is 25.2. The molecule has 0 spiro atoms. The van der Waals surface area contributed by atoms with Gasteiger partial charge in [0.2, 0.25) is 0 Å². The fourth-order valence-electron chi connectivity index (χ4n) is 3.44. The Labute approximate surface area is 159 Å². The number of methoxy groups -OCH3 is 2. The monoisotopic (exact) mass is 399 g/mol. The van der Waals surface area contributed by atoms with Gasteiger partial charge in [-0.3, -0.25) is 19.5 Å². The molecule has 150 valence electrons. The first-order chi connectivity index (χ1) is 12.9. The summed E-state index contributed by atoms with van der Waals surface area (Å²) in [7, 11) is -1.29. The van der Waals surface area contributed by atoms with Gasteiger partial charge in [0.25, 0.3) is 0 Å². The van der Waals surface area contributed by atoms with Crippen LogP contribution in [0.3, 0.4) is 0 Å². The van der Waals surface area contributed by atoms with Crippen molar-refractivity contribution in [2.75, 3.05) is 27.4 Å². The quantitative estimate of drug-likeness (QED) is 0.526. The average molecular weight is 399 g/mol. The number of rotatable bonds is 8. The van der Waals surface area contributed by atoms with Crippen molar-refractivity contribution in [1.82, 2.24) is 5.32 Å². The SMILES string of the molecule is CCOP(=O)(OCC)[C@@H]1N[C@H](c2ccccc2)[C@H](C(=O)OC)[C@H]1C(=O)OC. The lowest BCUT2D eigenvalue weighted by molar-refractivity contribution is -0.156. The summed E-state index contributed by atoms with van der Waals surface area (Å²) in [6.45, 7) is 3.62. The summed E-state index contributed by atoms with van der Waals surface area (Å²) >= 11 is 0. The topological polar surface area (TPSA) is 100 Å². The maximum atomic E-state index is 13.4. The second-order valence-corrected chi connectivity index (χ2v) is 8.13. The first-order valence-corrected chi connectivity index (χ1v) is 10.4. The van der Waals surface area contributed by atoms with Crippen LogP contribution in [0.15, 0.2) is 30.3 Å². The van der Waals surface area contributed by atoms with Crippen LogP contribution in [0.1, 0.15) is 25.5 Å². The maximum absolute atomic E-state index is 13.4. The molecule has 0 aromatic heterocycles. The third kappa shape index (κ3) is 4.41. The highest BCUT2D eigenvalue weighted by Crippen LogP contribution is 2.60. The van der Waals surface area contributed by atoms with Gasteiger partial charge < -0.3 is 18.5 Å². The van der Waals surface area contributed by atoms with E-state index < -0.39 is 43.2 Å². The Bertz CT molecular complexity index is 686. The molecule has 4 atom stereocenters. The van der Waals surface area contributed by atoms with Crippen molar-refractivity contribution in [3.63, 3.8) is 0 Å². The van der Waals surface area contributed by atoms with Gasteiger partial charge in [-0.05, 0) is 19.4 Å². The van der Waals surface area contributed by atoms with Crippen molar-refractivity contribution in [2.45, 2.75) is 25.7 Å². The van der Waals surface area contributed by atoms with E-state index in [-0.39, 0.29) is 13.2 Å². The van der Waals surface area contributed by atoms with Crippen molar-refractivity contribution in [1.29, 1.82) is 0 Å². The number of carbonyl (C=O) groups excluding carboxylic acids is 2.